The Balaban J connectivity index is 1.57. The lowest BCUT2D eigenvalue weighted by atomic mass is 9.76. The van der Waals surface area contributed by atoms with Gasteiger partial charge in [0.15, 0.2) is 0 Å². The van der Waals surface area contributed by atoms with Gasteiger partial charge in [0.25, 0.3) is 0 Å². The van der Waals surface area contributed by atoms with Crippen molar-refractivity contribution in [3.05, 3.63) is 59.7 Å². The van der Waals surface area contributed by atoms with E-state index in [0.717, 1.165) is 29.8 Å². The Morgan fingerprint density at radius 2 is 2.05 bits per heavy atom. The highest BCUT2D eigenvalue weighted by atomic mass is 19.1. The monoisotopic (exact) mass is 256 g/mol. The van der Waals surface area contributed by atoms with Gasteiger partial charge in [-0.15, -0.1) is 0 Å². The predicted octanol–water partition coefficient (Wildman–Crippen LogP) is 3.89. The van der Waals surface area contributed by atoms with E-state index < -0.39 is 0 Å². The van der Waals surface area contributed by atoms with Crippen LogP contribution in [0.25, 0.3) is 0 Å². The van der Waals surface area contributed by atoms with Crippen LogP contribution in [0.5, 0.6) is 0 Å². The molecule has 0 atom stereocenters. The van der Waals surface area contributed by atoms with Crippen LogP contribution in [0.4, 0.5) is 10.1 Å². The van der Waals surface area contributed by atoms with Crippen molar-refractivity contribution in [3.8, 4) is 0 Å². The van der Waals surface area contributed by atoms with Crippen molar-refractivity contribution in [1.29, 1.82) is 0 Å². The molecule has 19 heavy (non-hydrogen) atoms. The first-order valence-electron chi connectivity index (χ1n) is 6.65. The molecule has 1 heterocycles. The Morgan fingerprint density at radius 1 is 1.21 bits per heavy atom. The highest BCUT2D eigenvalue weighted by molar-refractivity contribution is 5.43. The molecule has 1 aromatic carbocycles. The van der Waals surface area contributed by atoms with Crippen molar-refractivity contribution < 1.29 is 4.39 Å². The fourth-order valence-corrected chi connectivity index (χ4v) is 2.56. The van der Waals surface area contributed by atoms with Gasteiger partial charge in [-0.25, -0.2) is 4.39 Å². The largest absolute Gasteiger partial charge is 0.381 e. The number of halogens is 1. The second kappa shape index (κ2) is 5.00. The van der Waals surface area contributed by atoms with E-state index >= 15 is 0 Å². The summed E-state index contributed by atoms with van der Waals surface area (Å²) in [5.41, 5.74) is 3.20. The van der Waals surface area contributed by atoms with E-state index in [1.165, 1.54) is 6.07 Å². The van der Waals surface area contributed by atoms with Crippen LogP contribution in [-0.2, 0) is 0 Å². The number of pyridine rings is 1. The van der Waals surface area contributed by atoms with Gasteiger partial charge in [0.05, 0.1) is 11.9 Å². The first-order chi connectivity index (χ1) is 9.20. The number of benzene rings is 1. The maximum atomic E-state index is 13.1. The molecular weight excluding hydrogens is 239 g/mol. The van der Waals surface area contributed by atoms with E-state index in [-0.39, 0.29) is 5.82 Å². The van der Waals surface area contributed by atoms with Crippen molar-refractivity contribution >= 4 is 5.69 Å². The topological polar surface area (TPSA) is 24.9 Å². The van der Waals surface area contributed by atoms with Crippen molar-refractivity contribution in [2.75, 3.05) is 5.32 Å². The molecule has 1 aliphatic carbocycles. The predicted molar refractivity (Wildman–Crippen MR) is 74.8 cm³/mol. The number of nitrogens with one attached hydrogen (secondary N) is 1. The average Bonchev–Trinajstić information content (AvgIpc) is 2.35. The van der Waals surface area contributed by atoms with Gasteiger partial charge in [-0.2, -0.15) is 0 Å². The molecule has 1 saturated carbocycles. The maximum Gasteiger partial charge on any atom is 0.123 e. The number of hydrogen-bond donors (Lipinski definition) is 1. The van der Waals surface area contributed by atoms with Gasteiger partial charge in [0, 0.05) is 11.7 Å². The third-order valence-corrected chi connectivity index (χ3v) is 3.74. The van der Waals surface area contributed by atoms with E-state index in [4.69, 9.17) is 0 Å². The molecule has 98 valence electrons. The number of anilines is 1. The smallest absolute Gasteiger partial charge is 0.123 e. The fraction of sp³-hybridized carbons (Fsp3) is 0.312. The molecule has 3 rings (SSSR count). The summed E-state index contributed by atoms with van der Waals surface area (Å²) >= 11 is 0. The SMILES string of the molecule is Cc1ccc(NC2CC(c3cccc(F)c3)C2)cn1. The molecule has 0 bridgehead atoms. The lowest BCUT2D eigenvalue weighted by molar-refractivity contribution is 0.373. The molecule has 1 N–H and O–H groups in total. The van der Waals surface area contributed by atoms with Crippen LogP contribution in [0, 0.1) is 12.7 Å². The van der Waals surface area contributed by atoms with Gasteiger partial charge in [0.2, 0.25) is 0 Å². The highest BCUT2D eigenvalue weighted by Gasteiger charge is 2.30. The average molecular weight is 256 g/mol. The zero-order valence-electron chi connectivity index (χ0n) is 10.9. The summed E-state index contributed by atoms with van der Waals surface area (Å²) in [6.45, 7) is 1.98. The second-order valence-corrected chi connectivity index (χ2v) is 5.25. The molecule has 2 aromatic rings. The summed E-state index contributed by atoms with van der Waals surface area (Å²) in [5.74, 6) is 0.336. The van der Waals surface area contributed by atoms with Gasteiger partial charge in [0.1, 0.15) is 5.82 Å². The number of aryl methyl sites for hydroxylation is 1. The minimum atomic E-state index is -0.142. The summed E-state index contributed by atoms with van der Waals surface area (Å²) in [6.07, 6.45) is 3.97. The van der Waals surface area contributed by atoms with Crippen LogP contribution in [0.1, 0.15) is 30.0 Å². The Bertz CT molecular complexity index is 559. The zero-order valence-corrected chi connectivity index (χ0v) is 10.9. The van der Waals surface area contributed by atoms with E-state index in [1.807, 2.05) is 25.3 Å². The molecule has 2 nitrogen and oxygen atoms in total. The van der Waals surface area contributed by atoms with Crippen LogP contribution < -0.4 is 5.32 Å². The normalized spacial score (nSPS) is 21.8. The summed E-state index contributed by atoms with van der Waals surface area (Å²) in [5, 5.41) is 3.46. The van der Waals surface area contributed by atoms with Crippen molar-refractivity contribution in [2.45, 2.75) is 31.7 Å². The molecule has 1 aromatic heterocycles. The van der Waals surface area contributed by atoms with Gasteiger partial charge in [-0.3, -0.25) is 4.98 Å². The lowest BCUT2D eigenvalue weighted by Gasteiger charge is -2.36. The Hall–Kier alpha value is -1.90. The van der Waals surface area contributed by atoms with Crippen LogP contribution in [-0.4, -0.2) is 11.0 Å². The molecule has 0 spiro atoms. The lowest BCUT2D eigenvalue weighted by Crippen LogP contribution is -2.34. The van der Waals surface area contributed by atoms with Gasteiger partial charge >= 0.3 is 0 Å². The fourth-order valence-electron chi connectivity index (χ4n) is 2.56. The number of rotatable bonds is 3. The number of hydrogen-bond acceptors (Lipinski definition) is 2. The summed E-state index contributed by atoms with van der Waals surface area (Å²) < 4.78 is 13.1. The summed E-state index contributed by atoms with van der Waals surface area (Å²) in [6, 6.07) is 11.5. The molecular formula is C16H17FN2. The molecule has 3 heteroatoms. The summed E-state index contributed by atoms with van der Waals surface area (Å²) in [4.78, 5) is 4.27. The maximum absolute atomic E-state index is 13.1. The van der Waals surface area contributed by atoms with Gasteiger partial charge in [-0.1, -0.05) is 12.1 Å². The third-order valence-electron chi connectivity index (χ3n) is 3.74. The first kappa shape index (κ1) is 12.2. The quantitative estimate of drug-likeness (QED) is 0.901. The van der Waals surface area contributed by atoms with Gasteiger partial charge in [-0.05, 0) is 55.5 Å². The van der Waals surface area contributed by atoms with E-state index in [1.54, 1.807) is 12.1 Å². The minimum Gasteiger partial charge on any atom is -0.381 e. The van der Waals surface area contributed by atoms with Crippen molar-refractivity contribution in [2.24, 2.45) is 0 Å². The molecule has 1 aliphatic rings. The Morgan fingerprint density at radius 3 is 2.74 bits per heavy atom. The highest BCUT2D eigenvalue weighted by Crippen LogP contribution is 2.38. The van der Waals surface area contributed by atoms with Crippen LogP contribution in [0.2, 0.25) is 0 Å². The molecule has 0 unspecified atom stereocenters. The minimum absolute atomic E-state index is 0.142. The van der Waals surface area contributed by atoms with Gasteiger partial charge < -0.3 is 5.32 Å². The van der Waals surface area contributed by atoms with Crippen LogP contribution >= 0.6 is 0 Å². The molecule has 1 fully saturated rings. The zero-order chi connectivity index (χ0) is 13.2. The van der Waals surface area contributed by atoms with E-state index in [0.29, 0.717) is 12.0 Å². The third kappa shape index (κ3) is 2.75. The Kier molecular flexibility index (Phi) is 3.20. The standard InChI is InChI=1S/C16H17FN2/c1-11-5-6-15(10-18-11)19-16-8-13(9-16)12-3-2-4-14(17)7-12/h2-7,10,13,16,19H,8-9H2,1H3. The molecule has 0 saturated heterocycles. The molecule has 0 amide bonds. The van der Waals surface area contributed by atoms with E-state index in [2.05, 4.69) is 16.4 Å². The van der Waals surface area contributed by atoms with Crippen LogP contribution in [0.3, 0.4) is 0 Å². The van der Waals surface area contributed by atoms with Crippen LogP contribution in [0.15, 0.2) is 42.6 Å². The molecule has 0 aliphatic heterocycles. The van der Waals surface area contributed by atoms with Crippen molar-refractivity contribution in [3.63, 3.8) is 0 Å². The second-order valence-electron chi connectivity index (χ2n) is 5.25. The molecule has 0 radical (unpaired) electrons. The number of nitrogens with zero attached hydrogens (tertiary/aromatic N) is 1. The summed E-state index contributed by atoms with van der Waals surface area (Å²) in [7, 11) is 0. The first-order valence-corrected chi connectivity index (χ1v) is 6.65. The number of aromatic nitrogens is 1. The van der Waals surface area contributed by atoms with E-state index in [9.17, 15) is 4.39 Å². The van der Waals surface area contributed by atoms with Crippen molar-refractivity contribution in [1.82, 2.24) is 4.98 Å². The Labute approximate surface area is 112 Å².